The number of sulfonamides is 1. The molecular weight excluding hydrogens is 362 g/mol. The van der Waals surface area contributed by atoms with E-state index in [1.54, 1.807) is 6.07 Å². The lowest BCUT2D eigenvalue weighted by molar-refractivity contribution is -0.139. The topological polar surface area (TPSA) is 46.2 Å². The maximum absolute atomic E-state index is 13.0. The first-order valence-corrected chi connectivity index (χ1v) is 7.99. The highest BCUT2D eigenvalue weighted by atomic mass is 35.5. The highest BCUT2D eigenvalue weighted by Crippen LogP contribution is 2.36. The minimum atomic E-state index is -4.87. The molecule has 2 aromatic carbocycles. The molecule has 0 spiro atoms. The summed E-state index contributed by atoms with van der Waals surface area (Å²) >= 11 is 11.3. The van der Waals surface area contributed by atoms with Crippen LogP contribution in [0.25, 0.3) is 0 Å². The monoisotopic (exact) mass is 369 g/mol. The number of benzene rings is 2. The minimum absolute atomic E-state index is 0.0211. The number of anilines is 1. The third kappa shape index (κ3) is 3.66. The summed E-state index contributed by atoms with van der Waals surface area (Å²) in [4.78, 5) is -0.927. The maximum Gasteiger partial charge on any atom is 0.417 e. The lowest BCUT2D eigenvalue weighted by Crippen LogP contribution is -2.19. The van der Waals surface area contributed by atoms with Gasteiger partial charge in [0.1, 0.15) is 0 Å². The highest BCUT2D eigenvalue weighted by Gasteiger charge is 2.37. The van der Waals surface area contributed by atoms with Crippen molar-refractivity contribution in [2.75, 3.05) is 4.72 Å². The van der Waals surface area contributed by atoms with Crippen LogP contribution in [0.2, 0.25) is 10.0 Å². The number of para-hydroxylation sites is 1. The van der Waals surface area contributed by atoms with Gasteiger partial charge in [-0.05, 0) is 30.3 Å². The average Bonchev–Trinajstić information content (AvgIpc) is 2.40. The van der Waals surface area contributed by atoms with Crippen LogP contribution in [0.4, 0.5) is 18.9 Å². The fraction of sp³-hybridized carbons (Fsp3) is 0.0769. The molecule has 0 amide bonds. The molecule has 3 nitrogen and oxygen atoms in total. The lowest BCUT2D eigenvalue weighted by atomic mass is 10.2. The van der Waals surface area contributed by atoms with Crippen molar-refractivity contribution in [1.29, 1.82) is 0 Å². The summed E-state index contributed by atoms with van der Waals surface area (Å²) in [5, 5.41) is -0.155. The smallest absolute Gasteiger partial charge is 0.278 e. The minimum Gasteiger partial charge on any atom is -0.278 e. The van der Waals surface area contributed by atoms with Crippen LogP contribution in [-0.4, -0.2) is 8.42 Å². The van der Waals surface area contributed by atoms with E-state index in [1.165, 1.54) is 18.2 Å². The molecule has 0 saturated heterocycles. The molecule has 0 radical (unpaired) electrons. The predicted octanol–water partition coefficient (Wildman–Crippen LogP) is 4.81. The molecule has 0 saturated carbocycles. The Kier molecular flexibility index (Phi) is 4.60. The molecule has 2 aromatic rings. The van der Waals surface area contributed by atoms with Crippen LogP contribution >= 0.6 is 23.2 Å². The van der Waals surface area contributed by atoms with Crippen molar-refractivity contribution < 1.29 is 21.6 Å². The van der Waals surface area contributed by atoms with Gasteiger partial charge in [-0.25, -0.2) is 8.42 Å². The van der Waals surface area contributed by atoms with E-state index in [-0.39, 0.29) is 15.7 Å². The largest absolute Gasteiger partial charge is 0.417 e. The summed E-state index contributed by atoms with van der Waals surface area (Å²) in [6, 6.07) is 8.22. The van der Waals surface area contributed by atoms with Gasteiger partial charge in [-0.15, -0.1) is 0 Å². The Balaban J connectivity index is 2.53. The van der Waals surface area contributed by atoms with E-state index < -0.39 is 26.7 Å². The summed E-state index contributed by atoms with van der Waals surface area (Å²) in [5.74, 6) is 0. The Hall–Kier alpha value is -1.44. The number of nitrogens with one attached hydrogen (secondary N) is 1. The van der Waals surface area contributed by atoms with E-state index in [1.807, 2.05) is 4.72 Å². The van der Waals surface area contributed by atoms with Crippen molar-refractivity contribution in [1.82, 2.24) is 0 Å². The van der Waals surface area contributed by atoms with Crippen LogP contribution in [0, 0.1) is 0 Å². The van der Waals surface area contributed by atoms with Crippen LogP contribution in [0.5, 0.6) is 0 Å². The second kappa shape index (κ2) is 5.98. The molecule has 22 heavy (non-hydrogen) atoms. The van der Waals surface area contributed by atoms with Crippen molar-refractivity contribution in [3.8, 4) is 0 Å². The maximum atomic E-state index is 13.0. The quantitative estimate of drug-likeness (QED) is 0.843. The highest BCUT2D eigenvalue weighted by molar-refractivity contribution is 7.92. The van der Waals surface area contributed by atoms with Gasteiger partial charge in [-0.2, -0.15) is 13.2 Å². The molecule has 0 aromatic heterocycles. The number of halogens is 5. The Morgan fingerprint density at radius 3 is 2.23 bits per heavy atom. The van der Waals surface area contributed by atoms with Crippen LogP contribution in [0.1, 0.15) is 5.56 Å². The van der Waals surface area contributed by atoms with Gasteiger partial charge in [0, 0.05) is 5.02 Å². The third-order valence-electron chi connectivity index (χ3n) is 2.65. The van der Waals surface area contributed by atoms with Gasteiger partial charge in [0.15, 0.2) is 0 Å². The molecule has 0 aliphatic carbocycles. The molecule has 0 unspecified atom stereocenters. The first-order chi connectivity index (χ1) is 10.1. The molecule has 118 valence electrons. The molecule has 1 N–H and O–H groups in total. The van der Waals surface area contributed by atoms with Gasteiger partial charge in [-0.3, -0.25) is 4.72 Å². The van der Waals surface area contributed by atoms with Crippen molar-refractivity contribution in [2.45, 2.75) is 11.1 Å². The zero-order valence-electron chi connectivity index (χ0n) is 10.7. The van der Waals surface area contributed by atoms with E-state index in [9.17, 15) is 21.6 Å². The SMILES string of the molecule is O=S(=O)(Nc1ccccc1Cl)c1ccc(Cl)cc1C(F)(F)F. The van der Waals surface area contributed by atoms with Gasteiger partial charge in [0.25, 0.3) is 10.0 Å². The van der Waals surface area contributed by atoms with Gasteiger partial charge in [0.05, 0.1) is 21.2 Å². The first-order valence-electron chi connectivity index (χ1n) is 5.75. The fourth-order valence-electron chi connectivity index (χ4n) is 1.70. The first kappa shape index (κ1) is 16.9. The summed E-state index contributed by atoms with van der Waals surface area (Å²) in [5.41, 5.74) is -1.37. The molecule has 0 bridgehead atoms. The zero-order chi connectivity index (χ0) is 16.5. The summed E-state index contributed by atoms with van der Waals surface area (Å²) in [6.07, 6.45) is -4.87. The number of hydrogen-bond acceptors (Lipinski definition) is 2. The summed E-state index contributed by atoms with van der Waals surface area (Å²) in [7, 11) is -4.48. The van der Waals surface area contributed by atoms with Crippen LogP contribution in [0.15, 0.2) is 47.4 Å². The molecule has 0 aliphatic heterocycles. The van der Waals surface area contributed by atoms with Crippen LogP contribution in [0.3, 0.4) is 0 Å². The predicted molar refractivity (Wildman–Crippen MR) is 78.7 cm³/mol. The summed E-state index contributed by atoms with van der Waals surface area (Å²) in [6.45, 7) is 0. The second-order valence-corrected chi connectivity index (χ2v) is 6.72. The van der Waals surface area contributed by atoms with E-state index in [0.717, 1.165) is 12.1 Å². The molecule has 0 heterocycles. The van der Waals surface area contributed by atoms with Crippen molar-refractivity contribution in [2.24, 2.45) is 0 Å². The molecule has 2 rings (SSSR count). The molecule has 0 fully saturated rings. The Labute approximate surface area is 134 Å². The Bertz CT molecular complexity index is 807. The van der Waals surface area contributed by atoms with E-state index in [2.05, 4.69) is 0 Å². The standard InChI is InChI=1S/C13H8Cl2F3NO2S/c14-8-5-6-12(9(7-8)13(16,17)18)22(20,21)19-11-4-2-1-3-10(11)15/h1-7,19H. The Morgan fingerprint density at radius 2 is 1.64 bits per heavy atom. The van der Waals surface area contributed by atoms with Crippen LogP contribution < -0.4 is 4.72 Å². The van der Waals surface area contributed by atoms with Crippen molar-refractivity contribution in [3.63, 3.8) is 0 Å². The zero-order valence-corrected chi connectivity index (χ0v) is 13.0. The normalized spacial score (nSPS) is 12.2. The fourth-order valence-corrected chi connectivity index (χ4v) is 3.40. The number of hydrogen-bond donors (Lipinski definition) is 1. The number of alkyl halides is 3. The molecule has 9 heteroatoms. The average molecular weight is 370 g/mol. The summed E-state index contributed by atoms with van der Waals surface area (Å²) < 4.78 is 65.5. The Morgan fingerprint density at radius 1 is 1.00 bits per heavy atom. The van der Waals surface area contributed by atoms with Gasteiger partial charge in [0.2, 0.25) is 0 Å². The van der Waals surface area contributed by atoms with E-state index >= 15 is 0 Å². The van der Waals surface area contributed by atoms with Crippen molar-refractivity contribution in [3.05, 3.63) is 58.1 Å². The van der Waals surface area contributed by atoms with E-state index in [4.69, 9.17) is 23.2 Å². The van der Waals surface area contributed by atoms with Gasteiger partial charge in [-0.1, -0.05) is 35.3 Å². The lowest BCUT2D eigenvalue weighted by Gasteiger charge is -2.15. The molecular formula is C13H8Cl2F3NO2S. The van der Waals surface area contributed by atoms with E-state index in [0.29, 0.717) is 6.07 Å². The van der Waals surface area contributed by atoms with Gasteiger partial charge < -0.3 is 0 Å². The van der Waals surface area contributed by atoms with Crippen LogP contribution in [-0.2, 0) is 16.2 Å². The third-order valence-corrected chi connectivity index (χ3v) is 4.64. The molecule has 0 aliphatic rings. The number of rotatable bonds is 3. The van der Waals surface area contributed by atoms with Crippen molar-refractivity contribution >= 4 is 38.9 Å². The second-order valence-electron chi connectivity index (χ2n) is 4.22. The van der Waals surface area contributed by atoms with Gasteiger partial charge >= 0.3 is 6.18 Å². The molecule has 0 atom stereocenters.